The first-order valence-corrected chi connectivity index (χ1v) is 8.13. The van der Waals surface area contributed by atoms with Crippen molar-refractivity contribution in [3.05, 3.63) is 53.6 Å². The van der Waals surface area contributed by atoms with Gasteiger partial charge in [0.25, 0.3) is 0 Å². The first kappa shape index (κ1) is 15.6. The summed E-state index contributed by atoms with van der Waals surface area (Å²) in [4.78, 5) is 18.6. The van der Waals surface area contributed by atoms with Crippen molar-refractivity contribution in [1.82, 2.24) is 0 Å². The summed E-state index contributed by atoms with van der Waals surface area (Å²) >= 11 is 0. The summed E-state index contributed by atoms with van der Waals surface area (Å²) in [6.07, 6.45) is 1.85. The van der Waals surface area contributed by atoms with Gasteiger partial charge in [-0.3, -0.25) is 4.57 Å². The zero-order chi connectivity index (χ0) is 15.5. The molecule has 4 N–H and O–H groups in total. The van der Waals surface area contributed by atoms with Crippen molar-refractivity contribution < 1.29 is 24.6 Å². The quantitative estimate of drug-likeness (QED) is 0.634. The molecule has 5 nitrogen and oxygen atoms in total. The van der Waals surface area contributed by atoms with E-state index in [0.29, 0.717) is 24.8 Å². The van der Waals surface area contributed by atoms with E-state index < -0.39 is 7.60 Å². The Bertz CT molecular complexity index is 678. The smallest absolute Gasteiger partial charge is 0.356 e. The Morgan fingerprint density at radius 3 is 2.29 bits per heavy atom. The van der Waals surface area contributed by atoms with Gasteiger partial charge in [-0.1, -0.05) is 18.2 Å². The van der Waals surface area contributed by atoms with E-state index in [4.69, 9.17) is 0 Å². The van der Waals surface area contributed by atoms with Crippen LogP contribution in [0, 0.1) is 0 Å². The molecule has 0 spiro atoms. The van der Waals surface area contributed by atoms with Crippen LogP contribution in [0.5, 0.6) is 11.5 Å². The van der Waals surface area contributed by atoms with Gasteiger partial charge in [0.15, 0.2) is 0 Å². The Labute approximate surface area is 122 Å². The first-order chi connectivity index (χ1) is 9.86. The summed E-state index contributed by atoms with van der Waals surface area (Å²) in [6, 6.07) is 11.0. The van der Waals surface area contributed by atoms with Crippen LogP contribution in [0.3, 0.4) is 0 Å². The number of phenols is 2. The Hall–Kier alpha value is -1.81. The molecule has 0 atom stereocenters. The average molecular weight is 308 g/mol. The number of phenolic OH excluding ortho intramolecular Hbond substituents is 2. The molecule has 0 saturated heterocycles. The highest BCUT2D eigenvalue weighted by Crippen LogP contribution is 2.36. The minimum atomic E-state index is -4.40. The zero-order valence-corrected chi connectivity index (χ0v) is 12.2. The maximum Gasteiger partial charge on any atom is 0.356 e. The number of rotatable bonds is 5. The van der Waals surface area contributed by atoms with Crippen LogP contribution in [0.1, 0.15) is 17.5 Å². The monoisotopic (exact) mass is 308 g/mol. The van der Waals surface area contributed by atoms with Gasteiger partial charge in [0.1, 0.15) is 11.5 Å². The van der Waals surface area contributed by atoms with E-state index in [2.05, 4.69) is 0 Å². The average Bonchev–Trinajstić information content (AvgIpc) is 2.39. The highest BCUT2D eigenvalue weighted by Gasteiger charge is 2.21. The van der Waals surface area contributed by atoms with Crippen LogP contribution in [-0.2, 0) is 17.4 Å². The lowest BCUT2D eigenvalue weighted by Crippen LogP contribution is -2.11. The molecule has 0 aromatic heterocycles. The molecule has 0 unspecified atom stereocenters. The third-order valence-corrected chi connectivity index (χ3v) is 4.25. The van der Waals surface area contributed by atoms with Crippen molar-refractivity contribution in [3.63, 3.8) is 0 Å². The number of aromatic hydroxyl groups is 2. The van der Waals surface area contributed by atoms with Crippen LogP contribution in [0.25, 0.3) is 0 Å². The number of aryl methyl sites for hydroxylation is 2. The minimum absolute atomic E-state index is 0.126. The van der Waals surface area contributed by atoms with Crippen molar-refractivity contribution >= 4 is 12.9 Å². The van der Waals surface area contributed by atoms with E-state index in [-0.39, 0.29) is 16.8 Å². The molecule has 0 radical (unpaired) electrons. The van der Waals surface area contributed by atoms with Crippen molar-refractivity contribution in [1.29, 1.82) is 0 Å². The van der Waals surface area contributed by atoms with Gasteiger partial charge in [-0.05, 0) is 54.7 Å². The van der Waals surface area contributed by atoms with Crippen LogP contribution < -0.4 is 5.30 Å². The molecule has 2 aromatic carbocycles. The second-order valence-electron chi connectivity index (χ2n) is 4.88. The van der Waals surface area contributed by atoms with E-state index in [1.54, 1.807) is 18.2 Å². The molecule has 0 fully saturated rings. The number of hydrogen-bond acceptors (Lipinski definition) is 3. The molecule has 2 aromatic rings. The molecule has 6 heteroatoms. The lowest BCUT2D eigenvalue weighted by atomic mass is 10.0. The molecule has 0 amide bonds. The second kappa shape index (κ2) is 6.31. The van der Waals surface area contributed by atoms with Gasteiger partial charge in [-0.25, -0.2) is 0 Å². The van der Waals surface area contributed by atoms with Crippen molar-refractivity contribution in [2.24, 2.45) is 0 Å². The van der Waals surface area contributed by atoms with E-state index in [9.17, 15) is 24.6 Å². The van der Waals surface area contributed by atoms with Gasteiger partial charge in [0.2, 0.25) is 0 Å². The summed E-state index contributed by atoms with van der Waals surface area (Å²) in [5.41, 5.74) is 1.49. The highest BCUT2D eigenvalue weighted by molar-refractivity contribution is 7.60. The normalized spacial score (nSPS) is 11.5. The minimum Gasteiger partial charge on any atom is -0.508 e. The van der Waals surface area contributed by atoms with Crippen molar-refractivity contribution in [2.45, 2.75) is 19.3 Å². The molecule has 0 aliphatic rings. The van der Waals surface area contributed by atoms with Gasteiger partial charge in [0, 0.05) is 0 Å². The standard InChI is InChI=1S/C15H17O5P/c16-13-6-2-4-11(9-13)3-1-5-12-7-8-14(17)10-15(12)21(18,19)20/h2,4,6-10,16-17H,1,3,5H2,(H2,18,19,20). The molecule has 0 aliphatic heterocycles. The maximum atomic E-state index is 11.4. The molecule has 2 rings (SSSR count). The number of benzene rings is 2. The van der Waals surface area contributed by atoms with Crippen LogP contribution >= 0.6 is 7.60 Å². The third kappa shape index (κ3) is 4.33. The van der Waals surface area contributed by atoms with E-state index in [1.165, 1.54) is 12.1 Å². The van der Waals surface area contributed by atoms with Crippen molar-refractivity contribution in [3.8, 4) is 11.5 Å². The Kier molecular flexibility index (Phi) is 4.68. The Balaban J connectivity index is 2.08. The summed E-state index contributed by atoms with van der Waals surface area (Å²) in [5, 5.41) is 18.6. The Morgan fingerprint density at radius 1 is 0.905 bits per heavy atom. The molecule has 21 heavy (non-hydrogen) atoms. The topological polar surface area (TPSA) is 98.0 Å². The van der Waals surface area contributed by atoms with Gasteiger partial charge < -0.3 is 20.0 Å². The fourth-order valence-corrected chi connectivity index (χ4v) is 3.09. The van der Waals surface area contributed by atoms with E-state index in [1.807, 2.05) is 6.07 Å². The fourth-order valence-electron chi connectivity index (χ4n) is 2.23. The summed E-state index contributed by atoms with van der Waals surface area (Å²) in [6.45, 7) is 0. The third-order valence-electron chi connectivity index (χ3n) is 3.20. The zero-order valence-electron chi connectivity index (χ0n) is 11.3. The Morgan fingerprint density at radius 2 is 1.62 bits per heavy atom. The fraction of sp³-hybridized carbons (Fsp3) is 0.200. The summed E-state index contributed by atoms with van der Waals surface area (Å²) in [5.74, 6) is 0.0399. The van der Waals surface area contributed by atoms with E-state index in [0.717, 1.165) is 11.6 Å². The van der Waals surface area contributed by atoms with Crippen LogP contribution in [0.4, 0.5) is 0 Å². The molecular formula is C15H17O5P. The maximum absolute atomic E-state index is 11.4. The van der Waals surface area contributed by atoms with Crippen LogP contribution in [0.15, 0.2) is 42.5 Å². The van der Waals surface area contributed by atoms with Gasteiger partial charge in [-0.2, -0.15) is 0 Å². The summed E-state index contributed by atoms with van der Waals surface area (Å²) in [7, 11) is -4.40. The van der Waals surface area contributed by atoms with Gasteiger partial charge >= 0.3 is 7.60 Å². The SMILES string of the molecule is O=P(O)(O)c1cc(O)ccc1CCCc1cccc(O)c1. The highest BCUT2D eigenvalue weighted by atomic mass is 31.2. The number of hydrogen-bond donors (Lipinski definition) is 4. The first-order valence-electron chi connectivity index (χ1n) is 6.52. The van der Waals surface area contributed by atoms with Crippen LogP contribution in [0.2, 0.25) is 0 Å². The predicted octanol–water partition coefficient (Wildman–Crippen LogP) is 2.08. The lowest BCUT2D eigenvalue weighted by molar-refractivity contribution is 0.386. The second-order valence-corrected chi connectivity index (χ2v) is 6.45. The lowest BCUT2D eigenvalue weighted by Gasteiger charge is -2.11. The molecule has 112 valence electrons. The van der Waals surface area contributed by atoms with Crippen LogP contribution in [-0.4, -0.2) is 20.0 Å². The molecule has 0 saturated carbocycles. The molecule has 0 aliphatic carbocycles. The molecule has 0 heterocycles. The summed E-state index contributed by atoms with van der Waals surface area (Å²) < 4.78 is 11.4. The predicted molar refractivity (Wildman–Crippen MR) is 79.9 cm³/mol. The molecule has 0 bridgehead atoms. The van der Waals surface area contributed by atoms with Gasteiger partial charge in [-0.15, -0.1) is 0 Å². The largest absolute Gasteiger partial charge is 0.508 e. The molecular weight excluding hydrogens is 291 g/mol. The van der Waals surface area contributed by atoms with E-state index >= 15 is 0 Å². The van der Waals surface area contributed by atoms with Crippen molar-refractivity contribution in [2.75, 3.05) is 0 Å². The van der Waals surface area contributed by atoms with Gasteiger partial charge in [0.05, 0.1) is 5.30 Å².